The zero-order valence-corrected chi connectivity index (χ0v) is 13.1. The minimum atomic E-state index is -3.09. The zero-order chi connectivity index (χ0) is 14.6. The number of rotatable bonds is 5. The summed E-state index contributed by atoms with van der Waals surface area (Å²) >= 11 is 0. The Kier molecular flexibility index (Phi) is 5.43. The third kappa shape index (κ3) is 3.95. The van der Waals surface area contributed by atoms with Gasteiger partial charge in [0.15, 0.2) is 0 Å². The Morgan fingerprint density at radius 3 is 2.55 bits per heavy atom. The van der Waals surface area contributed by atoms with Crippen LogP contribution in [0, 0.1) is 11.8 Å². The highest BCUT2D eigenvalue weighted by molar-refractivity contribution is 7.89. The van der Waals surface area contributed by atoms with Gasteiger partial charge < -0.3 is 5.32 Å². The number of amides is 1. The van der Waals surface area contributed by atoms with Gasteiger partial charge in [-0.05, 0) is 38.5 Å². The van der Waals surface area contributed by atoms with Gasteiger partial charge in [0.05, 0.1) is 5.75 Å². The maximum Gasteiger partial charge on any atom is 0.223 e. The number of carbonyl (C=O) groups excluding carboxylic acids is 1. The molecule has 1 N–H and O–H groups in total. The van der Waals surface area contributed by atoms with Crippen LogP contribution >= 0.6 is 0 Å². The molecule has 2 aliphatic rings. The normalized spacial score (nSPS) is 25.8. The SMILES string of the molecule is CCS(=O)(=O)N1CCCC(CNC(=O)C2CCCC2)C1. The monoisotopic (exact) mass is 302 g/mol. The number of hydrogen-bond acceptors (Lipinski definition) is 3. The predicted molar refractivity (Wildman–Crippen MR) is 78.7 cm³/mol. The molecule has 1 saturated heterocycles. The molecule has 1 aliphatic carbocycles. The van der Waals surface area contributed by atoms with E-state index in [2.05, 4.69) is 5.32 Å². The molecule has 6 heteroatoms. The Morgan fingerprint density at radius 1 is 1.20 bits per heavy atom. The first-order valence-electron chi connectivity index (χ1n) is 7.78. The van der Waals surface area contributed by atoms with Crippen molar-refractivity contribution in [3.8, 4) is 0 Å². The van der Waals surface area contributed by atoms with Crippen molar-refractivity contribution in [2.75, 3.05) is 25.4 Å². The zero-order valence-electron chi connectivity index (χ0n) is 12.3. The smallest absolute Gasteiger partial charge is 0.223 e. The molecule has 1 amide bonds. The summed E-state index contributed by atoms with van der Waals surface area (Å²) < 4.78 is 25.4. The number of nitrogens with one attached hydrogen (secondary N) is 1. The molecule has 0 radical (unpaired) electrons. The molecule has 5 nitrogen and oxygen atoms in total. The molecule has 116 valence electrons. The molecule has 1 saturated carbocycles. The van der Waals surface area contributed by atoms with Gasteiger partial charge in [-0.15, -0.1) is 0 Å². The van der Waals surface area contributed by atoms with E-state index in [1.165, 1.54) is 0 Å². The van der Waals surface area contributed by atoms with Crippen molar-refractivity contribution < 1.29 is 13.2 Å². The molecule has 2 fully saturated rings. The van der Waals surface area contributed by atoms with E-state index in [0.29, 0.717) is 19.6 Å². The quantitative estimate of drug-likeness (QED) is 0.834. The van der Waals surface area contributed by atoms with E-state index in [-0.39, 0.29) is 23.5 Å². The maximum atomic E-state index is 12.0. The number of hydrogen-bond donors (Lipinski definition) is 1. The Bertz CT molecular complexity index is 430. The van der Waals surface area contributed by atoms with Gasteiger partial charge in [-0.3, -0.25) is 4.79 Å². The van der Waals surface area contributed by atoms with E-state index >= 15 is 0 Å². The molecular weight excluding hydrogens is 276 g/mol. The average molecular weight is 302 g/mol. The van der Waals surface area contributed by atoms with Gasteiger partial charge in [0.25, 0.3) is 0 Å². The van der Waals surface area contributed by atoms with Crippen LogP contribution < -0.4 is 5.32 Å². The van der Waals surface area contributed by atoms with Crippen LogP contribution in [0.15, 0.2) is 0 Å². The molecule has 1 unspecified atom stereocenters. The fourth-order valence-electron chi connectivity index (χ4n) is 3.21. The van der Waals surface area contributed by atoms with E-state index in [1.54, 1.807) is 11.2 Å². The number of carbonyl (C=O) groups is 1. The molecule has 1 aliphatic heterocycles. The summed E-state index contributed by atoms with van der Waals surface area (Å²) in [7, 11) is -3.09. The van der Waals surface area contributed by atoms with E-state index in [1.807, 2.05) is 0 Å². The summed E-state index contributed by atoms with van der Waals surface area (Å²) in [6, 6.07) is 0. The van der Waals surface area contributed by atoms with Crippen LogP contribution in [0.4, 0.5) is 0 Å². The van der Waals surface area contributed by atoms with Gasteiger partial charge in [-0.1, -0.05) is 12.8 Å². The molecule has 0 bridgehead atoms. The van der Waals surface area contributed by atoms with Crippen molar-refractivity contribution in [2.24, 2.45) is 11.8 Å². The van der Waals surface area contributed by atoms with Crippen LogP contribution in [-0.2, 0) is 14.8 Å². The highest BCUT2D eigenvalue weighted by atomic mass is 32.2. The number of piperidine rings is 1. The molecule has 0 aromatic carbocycles. The van der Waals surface area contributed by atoms with Crippen molar-refractivity contribution in [3.05, 3.63) is 0 Å². The minimum Gasteiger partial charge on any atom is -0.356 e. The summed E-state index contributed by atoms with van der Waals surface area (Å²) in [5, 5.41) is 3.02. The first kappa shape index (κ1) is 15.8. The van der Waals surface area contributed by atoms with Gasteiger partial charge >= 0.3 is 0 Å². The molecule has 1 atom stereocenters. The molecule has 0 aromatic rings. The Balaban J connectivity index is 1.79. The third-order valence-corrected chi connectivity index (χ3v) is 6.38. The lowest BCUT2D eigenvalue weighted by Gasteiger charge is -2.31. The molecule has 0 aromatic heterocycles. The highest BCUT2D eigenvalue weighted by Gasteiger charge is 2.28. The largest absolute Gasteiger partial charge is 0.356 e. The fourth-order valence-corrected chi connectivity index (χ4v) is 4.42. The van der Waals surface area contributed by atoms with E-state index in [0.717, 1.165) is 38.5 Å². The maximum absolute atomic E-state index is 12.0. The summed E-state index contributed by atoms with van der Waals surface area (Å²) in [6.07, 6.45) is 6.22. The molecular formula is C14H26N2O3S. The van der Waals surface area contributed by atoms with Gasteiger partial charge in [0.2, 0.25) is 15.9 Å². The molecule has 2 rings (SSSR count). The number of sulfonamides is 1. The average Bonchev–Trinajstić information content (AvgIpc) is 2.99. The predicted octanol–water partition coefficient (Wildman–Crippen LogP) is 1.35. The van der Waals surface area contributed by atoms with Gasteiger partial charge in [-0.2, -0.15) is 0 Å². The van der Waals surface area contributed by atoms with Crippen LogP contribution in [0.3, 0.4) is 0 Å². The lowest BCUT2D eigenvalue weighted by atomic mass is 9.99. The van der Waals surface area contributed by atoms with Gasteiger partial charge in [0, 0.05) is 25.6 Å². The lowest BCUT2D eigenvalue weighted by Crippen LogP contribution is -2.44. The highest BCUT2D eigenvalue weighted by Crippen LogP contribution is 2.25. The van der Waals surface area contributed by atoms with E-state index in [4.69, 9.17) is 0 Å². The van der Waals surface area contributed by atoms with Crippen molar-refractivity contribution in [3.63, 3.8) is 0 Å². The summed E-state index contributed by atoms with van der Waals surface area (Å²) in [5.41, 5.74) is 0. The molecule has 20 heavy (non-hydrogen) atoms. The second kappa shape index (κ2) is 6.89. The van der Waals surface area contributed by atoms with Crippen LogP contribution in [0.5, 0.6) is 0 Å². The van der Waals surface area contributed by atoms with Crippen molar-refractivity contribution in [1.29, 1.82) is 0 Å². The van der Waals surface area contributed by atoms with Crippen molar-refractivity contribution >= 4 is 15.9 Å². The summed E-state index contributed by atoms with van der Waals surface area (Å²) in [6.45, 7) is 3.48. The van der Waals surface area contributed by atoms with Gasteiger partial charge in [0.1, 0.15) is 0 Å². The number of nitrogens with zero attached hydrogens (tertiary/aromatic N) is 1. The van der Waals surface area contributed by atoms with Crippen molar-refractivity contribution in [1.82, 2.24) is 9.62 Å². The summed E-state index contributed by atoms with van der Waals surface area (Å²) in [4.78, 5) is 12.0. The third-order valence-electron chi connectivity index (χ3n) is 4.53. The standard InChI is InChI=1S/C14H26N2O3S/c1-2-20(18,19)16-9-5-6-12(11-16)10-15-14(17)13-7-3-4-8-13/h12-13H,2-11H2,1H3,(H,15,17). The Morgan fingerprint density at radius 2 is 1.90 bits per heavy atom. The van der Waals surface area contributed by atoms with Crippen LogP contribution in [-0.4, -0.2) is 44.0 Å². The Labute approximate surface area is 122 Å². The minimum absolute atomic E-state index is 0.161. The van der Waals surface area contributed by atoms with Crippen LogP contribution in [0.2, 0.25) is 0 Å². The van der Waals surface area contributed by atoms with E-state index < -0.39 is 10.0 Å². The van der Waals surface area contributed by atoms with Crippen LogP contribution in [0.25, 0.3) is 0 Å². The topological polar surface area (TPSA) is 66.5 Å². The summed E-state index contributed by atoms with van der Waals surface area (Å²) in [5.74, 6) is 0.774. The first-order chi connectivity index (χ1) is 9.53. The van der Waals surface area contributed by atoms with Gasteiger partial charge in [-0.25, -0.2) is 12.7 Å². The lowest BCUT2D eigenvalue weighted by molar-refractivity contribution is -0.125. The first-order valence-corrected chi connectivity index (χ1v) is 9.39. The fraction of sp³-hybridized carbons (Fsp3) is 0.929. The second-order valence-electron chi connectivity index (χ2n) is 5.99. The molecule has 0 spiro atoms. The van der Waals surface area contributed by atoms with Crippen molar-refractivity contribution in [2.45, 2.75) is 45.4 Å². The molecule has 1 heterocycles. The van der Waals surface area contributed by atoms with Crippen LogP contribution in [0.1, 0.15) is 45.4 Å². The Hall–Kier alpha value is -0.620. The second-order valence-corrected chi connectivity index (χ2v) is 8.25. The van der Waals surface area contributed by atoms with E-state index in [9.17, 15) is 13.2 Å².